The molecule has 0 aliphatic carbocycles. The van der Waals surface area contributed by atoms with Crippen molar-refractivity contribution < 1.29 is 9.59 Å². The first-order chi connectivity index (χ1) is 14.9. The zero-order chi connectivity index (χ0) is 22.4. The van der Waals surface area contributed by atoms with Crippen LogP contribution in [0.25, 0.3) is 0 Å². The molecule has 1 aromatic heterocycles. The Morgan fingerprint density at radius 3 is 2.39 bits per heavy atom. The summed E-state index contributed by atoms with van der Waals surface area (Å²) in [6.07, 6.45) is 0. The van der Waals surface area contributed by atoms with Crippen LogP contribution < -0.4 is 5.32 Å². The summed E-state index contributed by atoms with van der Waals surface area (Å²) in [7, 11) is 0. The van der Waals surface area contributed by atoms with Crippen LogP contribution in [0.1, 0.15) is 52.0 Å². The average molecular weight is 454 g/mol. The fourth-order valence-corrected chi connectivity index (χ4v) is 3.94. The van der Waals surface area contributed by atoms with Gasteiger partial charge in [0.2, 0.25) is 0 Å². The number of rotatable bonds is 8. The van der Waals surface area contributed by atoms with Crippen molar-refractivity contribution in [2.24, 2.45) is 0 Å². The first-order valence-corrected chi connectivity index (χ1v) is 10.9. The van der Waals surface area contributed by atoms with Gasteiger partial charge in [-0.15, -0.1) is 10.2 Å². The van der Waals surface area contributed by atoms with Crippen LogP contribution >= 0.6 is 23.4 Å². The first kappa shape index (κ1) is 22.5. The summed E-state index contributed by atoms with van der Waals surface area (Å²) in [5.41, 5.74) is 1.55. The van der Waals surface area contributed by atoms with Crippen LogP contribution in [0.15, 0.2) is 53.7 Å². The highest BCUT2D eigenvalue weighted by molar-refractivity contribution is 7.99. The van der Waals surface area contributed by atoms with Crippen molar-refractivity contribution in [3.8, 4) is 6.07 Å². The lowest BCUT2D eigenvalue weighted by Gasteiger charge is -2.15. The molecule has 0 bridgehead atoms. The third-order valence-corrected chi connectivity index (χ3v) is 5.79. The lowest BCUT2D eigenvalue weighted by molar-refractivity contribution is 0.0936. The second-order valence-electron chi connectivity index (χ2n) is 6.69. The van der Waals surface area contributed by atoms with Crippen LogP contribution in [-0.4, -0.2) is 32.2 Å². The van der Waals surface area contributed by atoms with Gasteiger partial charge in [-0.25, -0.2) is 0 Å². The molecule has 0 spiro atoms. The molecule has 1 N–H and O–H groups in total. The van der Waals surface area contributed by atoms with Gasteiger partial charge in [-0.3, -0.25) is 9.59 Å². The summed E-state index contributed by atoms with van der Waals surface area (Å²) in [5, 5.41) is 21.4. The predicted molar refractivity (Wildman–Crippen MR) is 119 cm³/mol. The van der Waals surface area contributed by atoms with Gasteiger partial charge >= 0.3 is 0 Å². The van der Waals surface area contributed by atoms with Gasteiger partial charge in [0.1, 0.15) is 0 Å². The minimum Gasteiger partial charge on any atom is -0.342 e. The van der Waals surface area contributed by atoms with E-state index in [1.165, 1.54) is 11.8 Å². The number of aromatic nitrogens is 3. The summed E-state index contributed by atoms with van der Waals surface area (Å²) < 4.78 is 1.88. The van der Waals surface area contributed by atoms with E-state index in [4.69, 9.17) is 16.9 Å². The molecule has 158 valence electrons. The van der Waals surface area contributed by atoms with Gasteiger partial charge in [0.05, 0.1) is 23.4 Å². The largest absolute Gasteiger partial charge is 0.342 e. The predicted octanol–water partition coefficient (Wildman–Crippen LogP) is 4.29. The maximum absolute atomic E-state index is 12.5. The fraction of sp³-hybridized carbons (Fsp3) is 0.227. The molecule has 3 aromatic rings. The number of nitriles is 1. The maximum atomic E-state index is 12.5. The molecule has 31 heavy (non-hydrogen) atoms. The number of nitrogens with zero attached hydrogens (tertiary/aromatic N) is 4. The Morgan fingerprint density at radius 2 is 1.77 bits per heavy atom. The Kier molecular flexibility index (Phi) is 7.45. The Hall–Kier alpha value is -3.15. The van der Waals surface area contributed by atoms with E-state index in [0.29, 0.717) is 39.2 Å². The number of carbonyl (C=O) groups is 2. The molecule has 0 saturated carbocycles. The van der Waals surface area contributed by atoms with Crippen LogP contribution in [-0.2, 0) is 6.54 Å². The van der Waals surface area contributed by atoms with Crippen molar-refractivity contribution in [3.05, 3.63) is 76.1 Å². The minimum absolute atomic E-state index is 0.0641. The van der Waals surface area contributed by atoms with E-state index >= 15 is 0 Å². The van der Waals surface area contributed by atoms with Gasteiger partial charge in [0.15, 0.2) is 16.8 Å². The summed E-state index contributed by atoms with van der Waals surface area (Å²) in [6.45, 7) is 4.38. The molecule has 7 nitrogen and oxygen atoms in total. The Labute approximate surface area is 189 Å². The molecule has 0 aliphatic rings. The van der Waals surface area contributed by atoms with Gasteiger partial charge in [-0.05, 0) is 50.2 Å². The number of halogens is 1. The normalized spacial score (nSPS) is 11.5. The molecule has 2 aromatic carbocycles. The Morgan fingerprint density at radius 1 is 1.13 bits per heavy atom. The molecule has 0 unspecified atom stereocenters. The van der Waals surface area contributed by atoms with Crippen LogP contribution in [0.3, 0.4) is 0 Å². The van der Waals surface area contributed by atoms with E-state index < -0.39 is 0 Å². The quantitative estimate of drug-likeness (QED) is 0.403. The van der Waals surface area contributed by atoms with Crippen LogP contribution in [0.2, 0.25) is 5.02 Å². The molecule has 9 heteroatoms. The molecule has 1 atom stereocenters. The smallest absolute Gasteiger partial charge is 0.251 e. The van der Waals surface area contributed by atoms with Crippen molar-refractivity contribution in [2.75, 3.05) is 5.75 Å². The van der Waals surface area contributed by atoms with E-state index in [1.54, 1.807) is 48.5 Å². The average Bonchev–Trinajstić information content (AvgIpc) is 3.21. The number of hydrogen-bond acceptors (Lipinski definition) is 6. The van der Waals surface area contributed by atoms with Crippen molar-refractivity contribution in [2.45, 2.75) is 31.6 Å². The molecule has 0 radical (unpaired) electrons. The van der Waals surface area contributed by atoms with Crippen molar-refractivity contribution in [3.63, 3.8) is 0 Å². The number of hydrogen-bond donors (Lipinski definition) is 1. The molecule has 1 heterocycles. The van der Waals surface area contributed by atoms with Gasteiger partial charge in [0.25, 0.3) is 5.91 Å². The fourth-order valence-electron chi connectivity index (χ4n) is 2.91. The summed E-state index contributed by atoms with van der Waals surface area (Å²) in [4.78, 5) is 24.9. The van der Waals surface area contributed by atoms with Crippen LogP contribution in [0, 0.1) is 11.3 Å². The van der Waals surface area contributed by atoms with E-state index in [1.807, 2.05) is 24.5 Å². The van der Waals surface area contributed by atoms with Gasteiger partial charge in [-0.2, -0.15) is 5.26 Å². The summed E-state index contributed by atoms with van der Waals surface area (Å²) >= 11 is 7.16. The number of carbonyl (C=O) groups excluding carboxylic acids is 2. The minimum atomic E-state index is -0.376. The zero-order valence-electron chi connectivity index (χ0n) is 17.0. The molecule has 0 fully saturated rings. The Balaban J connectivity index is 1.66. The second kappa shape index (κ2) is 10.2. The van der Waals surface area contributed by atoms with Gasteiger partial charge < -0.3 is 9.88 Å². The Bertz CT molecular complexity index is 1120. The lowest BCUT2D eigenvalue weighted by atomic mass is 10.1. The number of ketones is 1. The van der Waals surface area contributed by atoms with E-state index in [2.05, 4.69) is 15.5 Å². The monoisotopic (exact) mass is 453 g/mol. The molecule has 0 saturated heterocycles. The lowest BCUT2D eigenvalue weighted by Crippen LogP contribution is -2.28. The highest BCUT2D eigenvalue weighted by atomic mass is 35.5. The first-order valence-electron chi connectivity index (χ1n) is 9.58. The van der Waals surface area contributed by atoms with Crippen molar-refractivity contribution >= 4 is 35.1 Å². The molecular weight excluding hydrogens is 434 g/mol. The molecule has 0 aliphatic heterocycles. The zero-order valence-corrected chi connectivity index (χ0v) is 18.6. The van der Waals surface area contributed by atoms with Crippen molar-refractivity contribution in [1.29, 1.82) is 5.26 Å². The highest BCUT2D eigenvalue weighted by Gasteiger charge is 2.20. The summed E-state index contributed by atoms with van der Waals surface area (Å²) in [5.74, 6) is 0.499. The molecular formula is C22H20ClN5O2S. The molecule has 3 rings (SSSR count). The molecule has 1 amide bonds. The van der Waals surface area contributed by atoms with Crippen molar-refractivity contribution in [1.82, 2.24) is 20.1 Å². The number of benzene rings is 2. The SMILES string of the molecule is CCn1c(SCC(=O)c2ccc(C#N)cc2)nnc1[C@@H](C)NC(=O)c1ccc(Cl)cc1. The van der Waals surface area contributed by atoms with Crippen LogP contribution in [0.4, 0.5) is 0 Å². The number of amides is 1. The van der Waals surface area contributed by atoms with E-state index in [-0.39, 0.29) is 23.5 Å². The van der Waals surface area contributed by atoms with Gasteiger partial charge in [0, 0.05) is 22.7 Å². The third-order valence-electron chi connectivity index (χ3n) is 4.57. The van der Waals surface area contributed by atoms with E-state index in [0.717, 1.165) is 0 Å². The second-order valence-corrected chi connectivity index (χ2v) is 8.07. The topological polar surface area (TPSA) is 101 Å². The number of nitrogens with one attached hydrogen (secondary N) is 1. The number of Topliss-reactive ketones (excluding diaryl/α,β-unsaturated/α-hetero) is 1. The van der Waals surface area contributed by atoms with E-state index in [9.17, 15) is 9.59 Å². The van der Waals surface area contributed by atoms with Crippen LogP contribution in [0.5, 0.6) is 0 Å². The number of thioether (sulfide) groups is 1. The summed E-state index contributed by atoms with van der Waals surface area (Å²) in [6, 6.07) is 14.8. The van der Waals surface area contributed by atoms with Gasteiger partial charge in [-0.1, -0.05) is 35.5 Å². The highest BCUT2D eigenvalue weighted by Crippen LogP contribution is 2.22. The standard InChI is InChI=1S/C22H20ClN5O2S/c1-3-28-20(14(2)25-21(30)17-8-10-18(23)11-9-17)26-27-22(28)31-13-19(29)16-6-4-15(12-24)5-7-16/h4-11,14H,3,13H2,1-2H3,(H,25,30)/t14-/m1/s1. The third kappa shape index (κ3) is 5.51. The maximum Gasteiger partial charge on any atom is 0.251 e.